The van der Waals surface area contributed by atoms with Gasteiger partial charge in [0.05, 0.1) is 8.41 Å². The van der Waals surface area contributed by atoms with Crippen molar-refractivity contribution in [1.82, 2.24) is 0 Å². The molecule has 0 heterocycles. The van der Waals surface area contributed by atoms with E-state index in [-0.39, 0.29) is 106 Å². The molecule has 0 N–H and O–H groups in total. The molecule has 0 saturated carbocycles. The van der Waals surface area contributed by atoms with Gasteiger partial charge in [0.15, 0.2) is 0 Å². The fourth-order valence-corrected chi connectivity index (χ4v) is 0. The Hall–Kier alpha value is 2.88. The van der Waals surface area contributed by atoms with Crippen molar-refractivity contribution < 1.29 is 0 Å². The average Bonchev–Trinajstić information content (AvgIpc) is 0. The zero-order chi connectivity index (χ0) is 0. The summed E-state index contributed by atoms with van der Waals surface area (Å²) in [5.41, 5.74) is 0. The van der Waals surface area contributed by atoms with Crippen molar-refractivity contribution in [3.05, 3.63) is 0 Å². The molecule has 4 heavy (non-hydrogen) atoms. The first-order valence-electron chi connectivity index (χ1n) is 0. The maximum atomic E-state index is 0. The van der Waals surface area contributed by atoms with Gasteiger partial charge in [-0.25, -0.2) is 0 Å². The molecule has 0 aliphatic rings. The third-order valence-corrected chi connectivity index (χ3v) is 0. The van der Waals surface area contributed by atoms with Crippen LogP contribution in [-0.2, 0) is 0 Å². The zero-order valence-corrected chi connectivity index (χ0v) is 0. The molecule has 0 radical (unpaired) electrons. The van der Waals surface area contributed by atoms with Crippen LogP contribution in [0.25, 0.3) is 0 Å². The Labute approximate surface area is 103 Å². The quantitative estimate of drug-likeness (QED) is 0.330. The standard InChI is InChI=1S/BH3.Be.Cs.Li.4H/h1H3;;;;;;;. The first-order valence-corrected chi connectivity index (χ1v) is 0. The normalized spacial score (nSPS) is 0. The predicted molar refractivity (Wildman–Crippen MR) is 32.8 cm³/mol. The second-order valence-corrected chi connectivity index (χ2v) is 0. The zero-order valence-electron chi connectivity index (χ0n) is 0. The fraction of sp³-hybridized carbons (Fsp3) is 0. The Morgan fingerprint density at radius 3 is 1.00 bits per heavy atom. The Balaban J connectivity index is 0. The second kappa shape index (κ2) is 16.9. The summed E-state index contributed by atoms with van der Waals surface area (Å²) in [6.07, 6.45) is 0. The number of hydrogen-bond donors (Lipinski definition) is 0. The summed E-state index contributed by atoms with van der Waals surface area (Å²) in [5.74, 6) is 0. The molecule has 0 saturated heterocycles. The molecule has 0 fully saturated rings. The summed E-state index contributed by atoms with van der Waals surface area (Å²) in [6, 6.07) is 0. The molecule has 14 valence electrons. The predicted octanol–water partition coefficient (Wildman–Crippen LogP) is -3.40. The van der Waals surface area contributed by atoms with Gasteiger partial charge in [-0.1, -0.05) is 0 Å². The molecule has 4 heteroatoms. The van der Waals surface area contributed by atoms with Crippen LogP contribution in [0.1, 0.15) is 0 Å². The molecule has 0 atom stereocenters. The van der Waals surface area contributed by atoms with Crippen molar-refractivity contribution in [3.63, 3.8) is 0 Å². The van der Waals surface area contributed by atoms with E-state index in [1.54, 1.807) is 0 Å². The van der Waals surface area contributed by atoms with Gasteiger partial charge in [0, 0.05) is 0 Å². The molecule has 0 aromatic rings. The van der Waals surface area contributed by atoms with Gasteiger partial charge < -0.3 is 0 Å². The van der Waals surface area contributed by atoms with Crippen LogP contribution in [-0.4, -0.2) is 106 Å². The van der Waals surface area contributed by atoms with Crippen LogP contribution in [0, 0.1) is 0 Å². The fourth-order valence-electron chi connectivity index (χ4n) is 0. The number of rotatable bonds is 0. The third kappa shape index (κ3) is 8.86. The Kier molecular flexibility index (Phi) is 121. The minimum absolute atomic E-state index is 0. The topological polar surface area (TPSA) is 0 Å². The van der Waals surface area contributed by atoms with Crippen molar-refractivity contribution in [3.8, 4) is 0 Å². The van der Waals surface area contributed by atoms with Gasteiger partial charge in [0.1, 0.15) is 0 Å². The Morgan fingerprint density at radius 1 is 1.00 bits per heavy atom. The van der Waals surface area contributed by atoms with E-state index < -0.39 is 0 Å². The summed E-state index contributed by atoms with van der Waals surface area (Å²) in [4.78, 5) is 0. The van der Waals surface area contributed by atoms with Gasteiger partial charge in [-0.05, 0) is 0 Å². The summed E-state index contributed by atoms with van der Waals surface area (Å²) in [5, 5.41) is 0. The Morgan fingerprint density at radius 2 is 1.00 bits per heavy atom. The molecule has 0 bridgehead atoms. The monoisotopic (exact) mass is 167 g/mol. The summed E-state index contributed by atoms with van der Waals surface area (Å²) in [6.45, 7) is 0. The van der Waals surface area contributed by atoms with Crippen molar-refractivity contribution in [2.75, 3.05) is 0 Å². The molecule has 0 nitrogen and oxygen atoms in total. The molecule has 0 spiro atoms. The van der Waals surface area contributed by atoms with E-state index in [1.165, 1.54) is 0 Å². The molecule has 0 aliphatic carbocycles. The van der Waals surface area contributed by atoms with Gasteiger partial charge in [0.25, 0.3) is 0 Å². The van der Waals surface area contributed by atoms with E-state index in [4.69, 9.17) is 0 Å². The van der Waals surface area contributed by atoms with Crippen LogP contribution >= 0.6 is 0 Å². The minimum atomic E-state index is 0. The molecular weight excluding hydrogens is 160 g/mol. The van der Waals surface area contributed by atoms with Crippen LogP contribution in [0.3, 0.4) is 0 Å². The molecule has 0 aromatic heterocycles. The van der Waals surface area contributed by atoms with Crippen LogP contribution in [0.4, 0.5) is 0 Å². The van der Waals surface area contributed by atoms with Gasteiger partial charge in [-0.15, -0.1) is 0 Å². The first-order chi connectivity index (χ1) is 0. The average molecular weight is 167 g/mol. The van der Waals surface area contributed by atoms with Crippen molar-refractivity contribution in [1.29, 1.82) is 0 Å². The van der Waals surface area contributed by atoms with Crippen molar-refractivity contribution >= 4 is 106 Å². The molecule has 0 amide bonds. The summed E-state index contributed by atoms with van der Waals surface area (Å²) in [7, 11) is 0. The van der Waals surface area contributed by atoms with Crippen LogP contribution in [0.2, 0.25) is 0 Å². The number of hydrogen-bond acceptors (Lipinski definition) is 0. The van der Waals surface area contributed by atoms with Gasteiger partial charge in [-0.3, -0.25) is 0 Å². The van der Waals surface area contributed by atoms with E-state index in [0.717, 1.165) is 0 Å². The van der Waals surface area contributed by atoms with Crippen LogP contribution in [0.15, 0.2) is 0 Å². The summed E-state index contributed by atoms with van der Waals surface area (Å²) >= 11 is 0. The molecule has 0 unspecified atom stereocenters. The van der Waals surface area contributed by atoms with Gasteiger partial charge >= 0.3 is 97.9 Å². The molecule has 0 rings (SSSR count). The SMILES string of the molecule is B.[BeH2].[CsH].[LiH]. The third-order valence-electron chi connectivity index (χ3n) is 0. The van der Waals surface area contributed by atoms with Crippen molar-refractivity contribution in [2.45, 2.75) is 0 Å². The van der Waals surface area contributed by atoms with Gasteiger partial charge in [0.2, 0.25) is 0 Å². The van der Waals surface area contributed by atoms with E-state index in [2.05, 4.69) is 0 Å². The maximum absolute atomic E-state index is 0. The van der Waals surface area contributed by atoms with E-state index >= 15 is 0 Å². The van der Waals surface area contributed by atoms with Crippen LogP contribution in [0.5, 0.6) is 0 Å². The van der Waals surface area contributed by atoms with Crippen LogP contribution < -0.4 is 0 Å². The molecule has 0 aliphatic heterocycles. The van der Waals surface area contributed by atoms with Gasteiger partial charge in [-0.2, -0.15) is 0 Å². The van der Waals surface area contributed by atoms with E-state index in [0.29, 0.717) is 0 Å². The molecular formula is H7BBeCsLi. The molecule has 0 aromatic carbocycles. The Bertz CT molecular complexity index is 8.00. The second-order valence-electron chi connectivity index (χ2n) is 0. The first kappa shape index (κ1) is 28.7. The van der Waals surface area contributed by atoms with E-state index in [9.17, 15) is 0 Å². The summed E-state index contributed by atoms with van der Waals surface area (Å²) < 4.78 is 0. The van der Waals surface area contributed by atoms with E-state index in [1.807, 2.05) is 0 Å². The van der Waals surface area contributed by atoms with Crippen molar-refractivity contribution in [2.24, 2.45) is 0 Å².